The van der Waals surface area contributed by atoms with E-state index in [-0.39, 0.29) is 22.7 Å². The van der Waals surface area contributed by atoms with Crippen molar-refractivity contribution < 1.29 is 4.92 Å². The number of hydrogen-bond donors (Lipinski definition) is 0. The first kappa shape index (κ1) is 11.1. The predicted molar refractivity (Wildman–Crippen MR) is 68.1 cm³/mol. The van der Waals surface area contributed by atoms with Gasteiger partial charge in [0, 0.05) is 31.6 Å². The number of nitro groups is 1. The summed E-state index contributed by atoms with van der Waals surface area (Å²) in [5.41, 5.74) is 3.56. The van der Waals surface area contributed by atoms with Crippen LogP contribution in [0.3, 0.4) is 0 Å². The van der Waals surface area contributed by atoms with Gasteiger partial charge >= 0.3 is 0 Å². The highest BCUT2D eigenvalue weighted by molar-refractivity contribution is 5.50. The Bertz CT molecular complexity index is 555. The molecule has 0 radical (unpaired) electrons. The molecule has 0 aromatic heterocycles. The Balaban J connectivity index is 2.16. The molecule has 0 aliphatic carbocycles. The second-order valence-corrected chi connectivity index (χ2v) is 5.02. The molecular formula is C13H15N3O2. The van der Waals surface area contributed by atoms with E-state index in [0.717, 1.165) is 17.0 Å². The summed E-state index contributed by atoms with van der Waals surface area (Å²) in [6.07, 6.45) is 7.62. The second kappa shape index (κ2) is 3.48. The molecule has 0 bridgehead atoms. The van der Waals surface area contributed by atoms with Crippen molar-refractivity contribution in [3.05, 3.63) is 57.1 Å². The van der Waals surface area contributed by atoms with Crippen molar-refractivity contribution in [2.24, 2.45) is 0 Å². The molecule has 3 heterocycles. The highest BCUT2D eigenvalue weighted by atomic mass is 16.6. The number of hydrogen-bond acceptors (Lipinski definition) is 4. The van der Waals surface area contributed by atoms with Crippen molar-refractivity contribution in [2.75, 3.05) is 14.1 Å². The zero-order valence-corrected chi connectivity index (χ0v) is 10.6. The van der Waals surface area contributed by atoms with Crippen LogP contribution in [0, 0.1) is 10.1 Å². The largest absolute Gasteiger partial charge is 0.379 e. The maximum absolute atomic E-state index is 11.2. The Morgan fingerprint density at radius 2 is 2.11 bits per heavy atom. The van der Waals surface area contributed by atoms with Crippen molar-refractivity contribution in [1.82, 2.24) is 9.80 Å². The lowest BCUT2D eigenvalue weighted by Crippen LogP contribution is -2.39. The lowest BCUT2D eigenvalue weighted by atomic mass is 10.0. The Hall–Kier alpha value is -2.04. The van der Waals surface area contributed by atoms with Crippen LogP contribution in [0.2, 0.25) is 0 Å². The normalized spacial score (nSPS) is 28.3. The van der Waals surface area contributed by atoms with Gasteiger partial charge in [-0.25, -0.2) is 0 Å². The number of likely N-dealkylation sites (N-methyl/N-ethyl adjacent to an activating group) is 1. The van der Waals surface area contributed by atoms with Crippen molar-refractivity contribution in [2.45, 2.75) is 19.0 Å². The predicted octanol–water partition coefficient (Wildman–Crippen LogP) is 1.50. The average Bonchev–Trinajstić information content (AvgIpc) is 2.83. The summed E-state index contributed by atoms with van der Waals surface area (Å²) < 4.78 is 0. The number of allylic oxidation sites excluding steroid dienone is 3. The van der Waals surface area contributed by atoms with E-state index in [2.05, 4.69) is 15.9 Å². The van der Waals surface area contributed by atoms with Crippen LogP contribution in [-0.4, -0.2) is 40.9 Å². The van der Waals surface area contributed by atoms with E-state index in [0.29, 0.717) is 0 Å². The summed E-state index contributed by atoms with van der Waals surface area (Å²) in [7, 11) is 3.98. The molecule has 0 saturated heterocycles. The van der Waals surface area contributed by atoms with E-state index in [1.165, 1.54) is 0 Å². The average molecular weight is 245 g/mol. The van der Waals surface area contributed by atoms with Crippen LogP contribution in [0.4, 0.5) is 0 Å². The van der Waals surface area contributed by atoms with Crippen molar-refractivity contribution >= 4 is 0 Å². The minimum absolute atomic E-state index is 0.139. The summed E-state index contributed by atoms with van der Waals surface area (Å²) in [6, 6.07) is -0.0858. The van der Waals surface area contributed by atoms with Crippen LogP contribution in [-0.2, 0) is 0 Å². The van der Waals surface area contributed by atoms with Crippen LogP contribution in [0.1, 0.15) is 6.92 Å². The van der Waals surface area contributed by atoms with Crippen molar-refractivity contribution in [1.29, 1.82) is 0 Å². The first-order valence-electron chi connectivity index (χ1n) is 5.93. The fourth-order valence-corrected chi connectivity index (χ4v) is 3.19. The Morgan fingerprint density at radius 1 is 1.39 bits per heavy atom. The second-order valence-electron chi connectivity index (χ2n) is 5.02. The van der Waals surface area contributed by atoms with E-state index in [9.17, 15) is 10.1 Å². The molecule has 0 saturated carbocycles. The minimum Gasteiger partial charge on any atom is -0.379 e. The minimum atomic E-state index is -0.268. The maximum Gasteiger partial charge on any atom is 0.272 e. The van der Waals surface area contributed by atoms with Gasteiger partial charge in [-0.3, -0.25) is 10.1 Å². The molecule has 3 aliphatic heterocycles. The molecule has 2 atom stereocenters. The van der Waals surface area contributed by atoms with E-state index in [1.807, 2.05) is 33.2 Å². The van der Waals surface area contributed by atoms with Crippen LogP contribution >= 0.6 is 0 Å². The third-order valence-corrected chi connectivity index (χ3v) is 3.82. The third kappa shape index (κ3) is 1.21. The summed E-state index contributed by atoms with van der Waals surface area (Å²) in [5, 5.41) is 11.2. The zero-order valence-electron chi connectivity index (χ0n) is 10.6. The Labute approximate surface area is 106 Å². The number of nitrogens with zero attached hydrogens (tertiary/aromatic N) is 3. The van der Waals surface area contributed by atoms with Crippen molar-refractivity contribution in [3.8, 4) is 0 Å². The van der Waals surface area contributed by atoms with E-state index in [1.54, 1.807) is 6.08 Å². The molecule has 3 rings (SSSR count). The smallest absolute Gasteiger partial charge is 0.272 e. The van der Waals surface area contributed by atoms with Gasteiger partial charge in [-0.1, -0.05) is 6.08 Å². The Morgan fingerprint density at radius 3 is 2.72 bits per heavy atom. The van der Waals surface area contributed by atoms with Gasteiger partial charge in [0.25, 0.3) is 5.70 Å². The lowest BCUT2D eigenvalue weighted by Gasteiger charge is -2.30. The Kier molecular flexibility index (Phi) is 2.14. The van der Waals surface area contributed by atoms with E-state index in [4.69, 9.17) is 0 Å². The van der Waals surface area contributed by atoms with E-state index >= 15 is 0 Å². The molecule has 0 aromatic carbocycles. The summed E-state index contributed by atoms with van der Waals surface area (Å²) in [6.45, 7) is 1.99. The van der Waals surface area contributed by atoms with Gasteiger partial charge in [0.05, 0.1) is 11.0 Å². The molecule has 18 heavy (non-hydrogen) atoms. The molecule has 94 valence electrons. The first-order chi connectivity index (χ1) is 8.52. The van der Waals surface area contributed by atoms with Gasteiger partial charge < -0.3 is 9.80 Å². The molecule has 0 amide bonds. The summed E-state index contributed by atoms with van der Waals surface area (Å²) in [4.78, 5) is 15.1. The molecule has 5 nitrogen and oxygen atoms in total. The quantitative estimate of drug-likeness (QED) is 0.546. The third-order valence-electron chi connectivity index (χ3n) is 3.82. The standard InChI is InChI=1S/C13H15N3O2/c1-8-12(14(2)3)10-6-4-9-5-7-11(16(17)18)13(8)15(9)10/h4-7,10,13H,1-3H3/t10-,13-/m0/s1. The fraction of sp³-hybridized carbons (Fsp3) is 0.385. The van der Waals surface area contributed by atoms with Gasteiger partial charge in [-0.2, -0.15) is 0 Å². The first-order valence-corrected chi connectivity index (χ1v) is 5.93. The van der Waals surface area contributed by atoms with Crippen LogP contribution in [0.5, 0.6) is 0 Å². The van der Waals surface area contributed by atoms with Gasteiger partial charge in [-0.05, 0) is 24.6 Å². The fourth-order valence-electron chi connectivity index (χ4n) is 3.19. The maximum atomic E-state index is 11.2. The lowest BCUT2D eigenvalue weighted by molar-refractivity contribution is -0.431. The summed E-state index contributed by atoms with van der Waals surface area (Å²) >= 11 is 0. The molecule has 3 aliphatic rings. The van der Waals surface area contributed by atoms with Crippen LogP contribution in [0.15, 0.2) is 47.0 Å². The highest BCUT2D eigenvalue weighted by Crippen LogP contribution is 2.43. The molecule has 0 fully saturated rings. The molecule has 0 unspecified atom stereocenters. The molecule has 5 heteroatoms. The highest BCUT2D eigenvalue weighted by Gasteiger charge is 2.48. The molecular weight excluding hydrogens is 230 g/mol. The van der Waals surface area contributed by atoms with Gasteiger partial charge in [0.1, 0.15) is 6.04 Å². The number of rotatable bonds is 2. The van der Waals surface area contributed by atoms with Crippen LogP contribution in [0.25, 0.3) is 0 Å². The van der Waals surface area contributed by atoms with Crippen LogP contribution < -0.4 is 0 Å². The zero-order chi connectivity index (χ0) is 13.0. The molecule has 0 spiro atoms. The topological polar surface area (TPSA) is 49.6 Å². The van der Waals surface area contributed by atoms with Gasteiger partial charge in [-0.15, -0.1) is 0 Å². The molecule has 0 aromatic rings. The van der Waals surface area contributed by atoms with E-state index < -0.39 is 0 Å². The monoisotopic (exact) mass is 245 g/mol. The summed E-state index contributed by atoms with van der Waals surface area (Å²) in [5.74, 6) is 0. The molecule has 0 N–H and O–H groups in total. The van der Waals surface area contributed by atoms with Crippen molar-refractivity contribution in [3.63, 3.8) is 0 Å². The van der Waals surface area contributed by atoms with Gasteiger partial charge in [0.15, 0.2) is 0 Å². The van der Waals surface area contributed by atoms with Gasteiger partial charge in [0.2, 0.25) is 0 Å². The SMILES string of the molecule is CC1=C(N(C)C)[C@@H]2C=CC3=CC=C([N+](=O)[O-])[C@H]1N32.